The minimum absolute atomic E-state index is 0.316. The molecular formula is C12H16N2O3. The van der Waals surface area contributed by atoms with Gasteiger partial charge in [0, 0.05) is 6.54 Å². The minimum Gasteiger partial charge on any atom is -0.480 e. The van der Waals surface area contributed by atoms with Crippen LogP contribution in [0.3, 0.4) is 0 Å². The van der Waals surface area contributed by atoms with Gasteiger partial charge in [0.25, 0.3) is 0 Å². The second kappa shape index (κ2) is 6.65. The van der Waals surface area contributed by atoms with E-state index in [0.717, 1.165) is 5.56 Å². The molecule has 0 heterocycles. The first kappa shape index (κ1) is 13.2. The number of nitrogens with one attached hydrogen (secondary N) is 2. The average molecular weight is 236 g/mol. The number of benzene rings is 1. The van der Waals surface area contributed by atoms with E-state index in [4.69, 9.17) is 5.11 Å². The van der Waals surface area contributed by atoms with Crippen LogP contribution >= 0.6 is 0 Å². The van der Waals surface area contributed by atoms with E-state index in [1.807, 2.05) is 30.3 Å². The van der Waals surface area contributed by atoms with Crippen LogP contribution in [0.5, 0.6) is 0 Å². The van der Waals surface area contributed by atoms with Gasteiger partial charge in [-0.1, -0.05) is 30.3 Å². The summed E-state index contributed by atoms with van der Waals surface area (Å²) in [6.45, 7) is 1.92. The van der Waals surface area contributed by atoms with Gasteiger partial charge < -0.3 is 15.7 Å². The summed E-state index contributed by atoms with van der Waals surface area (Å²) in [6.07, 6.45) is 0. The summed E-state index contributed by atoms with van der Waals surface area (Å²) in [5.74, 6) is -1.36. The average Bonchev–Trinajstić information content (AvgIpc) is 2.34. The lowest BCUT2D eigenvalue weighted by molar-refractivity contribution is -0.138. The molecule has 0 aliphatic carbocycles. The molecule has 1 amide bonds. The first-order chi connectivity index (χ1) is 8.09. The number of carboxylic acids is 1. The van der Waals surface area contributed by atoms with E-state index in [1.54, 1.807) is 6.92 Å². The van der Waals surface area contributed by atoms with Crippen LogP contribution in [-0.2, 0) is 16.1 Å². The van der Waals surface area contributed by atoms with Gasteiger partial charge in [0.15, 0.2) is 0 Å². The van der Waals surface area contributed by atoms with E-state index in [2.05, 4.69) is 10.6 Å². The summed E-state index contributed by atoms with van der Waals surface area (Å²) >= 11 is 0. The van der Waals surface area contributed by atoms with Gasteiger partial charge in [-0.15, -0.1) is 0 Å². The maximum Gasteiger partial charge on any atom is 0.322 e. The van der Waals surface area contributed by atoms with Crippen molar-refractivity contribution in [3.05, 3.63) is 35.9 Å². The van der Waals surface area contributed by atoms with Crippen LogP contribution in [0.25, 0.3) is 0 Å². The monoisotopic (exact) mass is 236 g/mol. The van der Waals surface area contributed by atoms with Crippen molar-refractivity contribution in [1.82, 2.24) is 10.6 Å². The molecule has 1 aromatic carbocycles. The van der Waals surface area contributed by atoms with Gasteiger partial charge in [-0.2, -0.15) is 0 Å². The molecule has 0 spiro atoms. The third kappa shape index (κ3) is 5.12. The second-order valence-corrected chi connectivity index (χ2v) is 3.70. The Morgan fingerprint density at radius 1 is 1.29 bits per heavy atom. The molecule has 5 heteroatoms. The number of carbonyl (C=O) groups excluding carboxylic acids is 1. The predicted octanol–water partition coefficient (Wildman–Crippen LogP) is 0.365. The molecule has 1 rings (SSSR count). The Labute approximate surface area is 99.8 Å². The molecule has 92 valence electrons. The Balaban J connectivity index is 2.31. The Bertz CT molecular complexity index is 379. The van der Waals surface area contributed by atoms with Gasteiger partial charge in [-0.05, 0) is 12.5 Å². The Kier molecular flexibility index (Phi) is 5.16. The van der Waals surface area contributed by atoms with E-state index < -0.39 is 12.0 Å². The zero-order valence-electron chi connectivity index (χ0n) is 9.64. The molecule has 0 bridgehead atoms. The van der Waals surface area contributed by atoms with Gasteiger partial charge in [0.1, 0.15) is 6.54 Å². The van der Waals surface area contributed by atoms with Crippen molar-refractivity contribution in [2.75, 3.05) is 6.54 Å². The van der Waals surface area contributed by atoms with Crippen LogP contribution in [0.15, 0.2) is 30.3 Å². The molecule has 3 N–H and O–H groups in total. The normalized spacial score (nSPS) is 11.8. The molecular weight excluding hydrogens is 220 g/mol. The quantitative estimate of drug-likeness (QED) is 0.666. The molecule has 17 heavy (non-hydrogen) atoms. The fourth-order valence-corrected chi connectivity index (χ4v) is 1.28. The number of rotatable bonds is 6. The Hall–Kier alpha value is -1.88. The first-order valence-electron chi connectivity index (χ1n) is 5.36. The van der Waals surface area contributed by atoms with Crippen molar-refractivity contribution < 1.29 is 14.7 Å². The van der Waals surface area contributed by atoms with Crippen LogP contribution in [0.4, 0.5) is 0 Å². The maximum absolute atomic E-state index is 11.4. The topological polar surface area (TPSA) is 78.4 Å². The van der Waals surface area contributed by atoms with Crippen molar-refractivity contribution in [2.45, 2.75) is 19.5 Å². The van der Waals surface area contributed by atoms with Crippen molar-refractivity contribution in [1.29, 1.82) is 0 Å². The number of carboxylic acid groups (broad SMARTS) is 1. The van der Waals surface area contributed by atoms with Crippen molar-refractivity contribution in [2.24, 2.45) is 0 Å². The van der Waals surface area contributed by atoms with Crippen LogP contribution in [0, 0.1) is 0 Å². The lowest BCUT2D eigenvalue weighted by Crippen LogP contribution is -2.43. The highest BCUT2D eigenvalue weighted by Crippen LogP contribution is 1.98. The van der Waals surface area contributed by atoms with Gasteiger partial charge >= 0.3 is 5.97 Å². The van der Waals surface area contributed by atoms with E-state index in [0.29, 0.717) is 6.54 Å². The van der Waals surface area contributed by atoms with Gasteiger partial charge in [0.2, 0.25) is 5.91 Å². The highest BCUT2D eigenvalue weighted by molar-refractivity contribution is 5.84. The fourth-order valence-electron chi connectivity index (χ4n) is 1.28. The number of hydrogen-bond acceptors (Lipinski definition) is 3. The molecule has 0 fully saturated rings. The van der Waals surface area contributed by atoms with Crippen LogP contribution in [0.1, 0.15) is 12.5 Å². The van der Waals surface area contributed by atoms with Crippen LogP contribution in [-0.4, -0.2) is 29.6 Å². The Morgan fingerprint density at radius 3 is 2.53 bits per heavy atom. The fraction of sp³-hybridized carbons (Fsp3) is 0.333. The van der Waals surface area contributed by atoms with Crippen molar-refractivity contribution in [3.8, 4) is 0 Å². The third-order valence-electron chi connectivity index (χ3n) is 2.26. The summed E-state index contributed by atoms with van der Waals surface area (Å²) in [5, 5.41) is 13.8. The standard InChI is InChI=1S/C12H16N2O3/c1-9(12(17)14-8-11(15)16)13-7-10-5-3-2-4-6-10/h2-6,9,13H,7-8H2,1H3,(H,14,17)(H,15,16)/t9-/m0/s1. The number of amides is 1. The second-order valence-electron chi connectivity index (χ2n) is 3.70. The first-order valence-corrected chi connectivity index (χ1v) is 5.36. The summed E-state index contributed by atoms with van der Waals surface area (Å²) in [4.78, 5) is 21.7. The highest BCUT2D eigenvalue weighted by Gasteiger charge is 2.12. The molecule has 0 saturated carbocycles. The van der Waals surface area contributed by atoms with Crippen molar-refractivity contribution in [3.63, 3.8) is 0 Å². The molecule has 0 aliphatic heterocycles. The number of carbonyl (C=O) groups is 2. The van der Waals surface area contributed by atoms with E-state index in [-0.39, 0.29) is 12.5 Å². The predicted molar refractivity (Wildman–Crippen MR) is 63.4 cm³/mol. The molecule has 1 atom stereocenters. The minimum atomic E-state index is -1.05. The highest BCUT2D eigenvalue weighted by atomic mass is 16.4. The van der Waals surface area contributed by atoms with E-state index >= 15 is 0 Å². The largest absolute Gasteiger partial charge is 0.480 e. The lowest BCUT2D eigenvalue weighted by atomic mass is 10.2. The SMILES string of the molecule is C[C@H](NCc1ccccc1)C(=O)NCC(=O)O. The van der Waals surface area contributed by atoms with Crippen LogP contribution < -0.4 is 10.6 Å². The molecule has 5 nitrogen and oxygen atoms in total. The van der Waals surface area contributed by atoms with Gasteiger partial charge in [0.05, 0.1) is 6.04 Å². The van der Waals surface area contributed by atoms with Gasteiger partial charge in [-0.3, -0.25) is 9.59 Å². The smallest absolute Gasteiger partial charge is 0.322 e. The zero-order chi connectivity index (χ0) is 12.7. The summed E-state index contributed by atoms with van der Waals surface area (Å²) in [5.41, 5.74) is 1.07. The molecule has 0 aliphatic rings. The van der Waals surface area contributed by atoms with Crippen molar-refractivity contribution >= 4 is 11.9 Å². The maximum atomic E-state index is 11.4. The summed E-state index contributed by atoms with van der Waals surface area (Å²) in [7, 11) is 0. The molecule has 1 aromatic rings. The zero-order valence-corrected chi connectivity index (χ0v) is 9.64. The molecule has 0 aromatic heterocycles. The van der Waals surface area contributed by atoms with Crippen LogP contribution in [0.2, 0.25) is 0 Å². The molecule has 0 unspecified atom stereocenters. The Morgan fingerprint density at radius 2 is 1.94 bits per heavy atom. The summed E-state index contributed by atoms with van der Waals surface area (Å²) < 4.78 is 0. The molecule has 0 radical (unpaired) electrons. The molecule has 0 saturated heterocycles. The van der Waals surface area contributed by atoms with E-state index in [1.165, 1.54) is 0 Å². The number of aliphatic carboxylic acids is 1. The summed E-state index contributed by atoms with van der Waals surface area (Å²) in [6, 6.07) is 9.25. The van der Waals surface area contributed by atoms with Gasteiger partial charge in [-0.25, -0.2) is 0 Å². The van der Waals surface area contributed by atoms with E-state index in [9.17, 15) is 9.59 Å². The third-order valence-corrected chi connectivity index (χ3v) is 2.26. The number of hydrogen-bond donors (Lipinski definition) is 3. The lowest BCUT2D eigenvalue weighted by Gasteiger charge is -2.13.